The maximum absolute atomic E-state index is 13.2. The van der Waals surface area contributed by atoms with Crippen molar-refractivity contribution in [1.29, 1.82) is 0 Å². The summed E-state index contributed by atoms with van der Waals surface area (Å²) in [6.07, 6.45) is 0. The molecule has 36 heavy (non-hydrogen) atoms. The molecule has 0 unspecified atom stereocenters. The number of benzene rings is 3. The van der Waals surface area contributed by atoms with Gasteiger partial charge in [-0.25, -0.2) is 9.36 Å². The Morgan fingerprint density at radius 3 is 2.03 bits per heavy atom. The molecule has 0 atom stereocenters. The number of carbonyl (C=O) groups is 1. The summed E-state index contributed by atoms with van der Waals surface area (Å²) in [4.78, 5) is 25.6. The second-order valence-corrected chi connectivity index (χ2v) is 8.53. The summed E-state index contributed by atoms with van der Waals surface area (Å²) in [7, 11) is 0. The van der Waals surface area contributed by atoms with Gasteiger partial charge in [-0.15, -0.1) is 0 Å². The monoisotopic (exact) mass is 475 g/mol. The summed E-state index contributed by atoms with van der Waals surface area (Å²) in [5.41, 5.74) is 4.71. The van der Waals surface area contributed by atoms with Crippen molar-refractivity contribution >= 4 is 11.7 Å². The third-order valence-electron chi connectivity index (χ3n) is 5.89. The molecule has 0 aliphatic carbocycles. The molecule has 2 aromatic heterocycles. The largest absolute Gasteiger partial charge is 0.305 e. The molecule has 0 saturated carbocycles. The van der Waals surface area contributed by atoms with Gasteiger partial charge in [0.1, 0.15) is 11.5 Å². The van der Waals surface area contributed by atoms with E-state index in [9.17, 15) is 9.59 Å². The minimum absolute atomic E-state index is 0.149. The zero-order chi connectivity index (χ0) is 24.9. The van der Waals surface area contributed by atoms with Crippen molar-refractivity contribution in [3.63, 3.8) is 0 Å². The van der Waals surface area contributed by atoms with Crippen molar-refractivity contribution in [2.75, 3.05) is 5.32 Å². The Balaban J connectivity index is 1.45. The van der Waals surface area contributed by atoms with Gasteiger partial charge in [-0.2, -0.15) is 10.2 Å². The highest BCUT2D eigenvalue weighted by Gasteiger charge is 2.17. The number of hydrogen-bond acceptors (Lipinski definition) is 4. The first-order valence-electron chi connectivity index (χ1n) is 11.7. The number of anilines is 1. The summed E-state index contributed by atoms with van der Waals surface area (Å²) in [6.45, 7) is 2.80. The fraction of sp³-hybridized carbons (Fsp3) is 0.103. The second kappa shape index (κ2) is 10.2. The Morgan fingerprint density at radius 1 is 0.750 bits per heavy atom. The Bertz CT molecular complexity index is 1560. The molecule has 0 spiro atoms. The van der Waals surface area contributed by atoms with Crippen LogP contribution in [0.1, 0.15) is 27.2 Å². The lowest BCUT2D eigenvalue weighted by molar-refractivity contribution is 0.101. The molecule has 7 heteroatoms. The van der Waals surface area contributed by atoms with Crippen LogP contribution in [0.15, 0.2) is 108 Å². The Labute approximate surface area is 208 Å². The van der Waals surface area contributed by atoms with Gasteiger partial charge in [0, 0.05) is 17.7 Å². The topological polar surface area (TPSA) is 81.8 Å². The number of nitrogens with one attached hydrogen (secondary N) is 1. The van der Waals surface area contributed by atoms with Crippen LogP contribution in [0.25, 0.3) is 11.3 Å². The molecule has 5 rings (SSSR count). The lowest BCUT2D eigenvalue weighted by Gasteiger charge is -2.10. The summed E-state index contributed by atoms with van der Waals surface area (Å²) in [6, 6.07) is 32.1. The molecule has 2 heterocycles. The number of nitrogens with zero attached hydrogens (tertiary/aromatic N) is 4. The maximum atomic E-state index is 13.2. The standard InChI is InChI=1S/C29H25N5O2/c1-21-10-8-9-15-24(21)26-18-27(33(32-26)19-22-11-4-2-5-12-22)30-29(36)25-16-17-28(35)34(31-25)20-23-13-6-3-7-14-23/h2-18H,19-20H2,1H3,(H,30,36). The molecule has 0 fully saturated rings. The molecule has 3 aromatic carbocycles. The summed E-state index contributed by atoms with van der Waals surface area (Å²) in [5.74, 6) is 0.132. The molecule has 7 nitrogen and oxygen atoms in total. The average molecular weight is 476 g/mol. The highest BCUT2D eigenvalue weighted by atomic mass is 16.2. The number of hydrogen-bond donors (Lipinski definition) is 1. The van der Waals surface area contributed by atoms with Crippen LogP contribution in [0.2, 0.25) is 0 Å². The fourth-order valence-corrected chi connectivity index (χ4v) is 4.01. The van der Waals surface area contributed by atoms with Crippen molar-refractivity contribution in [2.24, 2.45) is 0 Å². The van der Waals surface area contributed by atoms with Gasteiger partial charge >= 0.3 is 0 Å². The van der Waals surface area contributed by atoms with E-state index < -0.39 is 5.91 Å². The zero-order valence-corrected chi connectivity index (χ0v) is 19.8. The van der Waals surface area contributed by atoms with E-state index in [-0.39, 0.29) is 17.8 Å². The van der Waals surface area contributed by atoms with E-state index in [1.165, 1.54) is 16.8 Å². The Hall–Kier alpha value is -4.78. The molecule has 0 aliphatic rings. The van der Waals surface area contributed by atoms with Crippen LogP contribution in [0, 0.1) is 6.92 Å². The van der Waals surface area contributed by atoms with Gasteiger partial charge in [0.2, 0.25) is 0 Å². The molecule has 1 N–H and O–H groups in total. The third kappa shape index (κ3) is 5.15. The van der Waals surface area contributed by atoms with Crippen LogP contribution < -0.4 is 10.9 Å². The van der Waals surface area contributed by atoms with Gasteiger partial charge in [-0.05, 0) is 29.7 Å². The van der Waals surface area contributed by atoms with Crippen LogP contribution in [-0.4, -0.2) is 25.5 Å². The molecule has 0 saturated heterocycles. The number of aryl methyl sites for hydroxylation is 1. The van der Waals surface area contributed by atoms with Crippen LogP contribution in [0.4, 0.5) is 5.82 Å². The molecule has 178 valence electrons. The van der Waals surface area contributed by atoms with Crippen LogP contribution in [0.5, 0.6) is 0 Å². The van der Waals surface area contributed by atoms with Gasteiger partial charge in [0.25, 0.3) is 11.5 Å². The van der Waals surface area contributed by atoms with Gasteiger partial charge in [-0.1, -0.05) is 84.9 Å². The van der Waals surface area contributed by atoms with Crippen LogP contribution in [-0.2, 0) is 13.1 Å². The fourth-order valence-electron chi connectivity index (χ4n) is 4.01. The Kier molecular flexibility index (Phi) is 6.53. The smallest absolute Gasteiger partial charge is 0.277 e. The molecule has 5 aromatic rings. The molecule has 0 aliphatic heterocycles. The zero-order valence-electron chi connectivity index (χ0n) is 19.8. The minimum atomic E-state index is -0.414. The number of rotatable bonds is 7. The van der Waals surface area contributed by atoms with Gasteiger partial charge in [0.05, 0.1) is 18.8 Å². The average Bonchev–Trinajstić information content (AvgIpc) is 3.28. The molecular formula is C29H25N5O2. The van der Waals surface area contributed by atoms with Gasteiger partial charge in [-0.3, -0.25) is 9.59 Å². The first-order valence-corrected chi connectivity index (χ1v) is 11.7. The van der Waals surface area contributed by atoms with Crippen LogP contribution in [0.3, 0.4) is 0 Å². The van der Waals surface area contributed by atoms with E-state index in [2.05, 4.69) is 10.4 Å². The number of aromatic nitrogens is 4. The van der Waals surface area contributed by atoms with E-state index in [0.29, 0.717) is 12.4 Å². The summed E-state index contributed by atoms with van der Waals surface area (Å²) < 4.78 is 3.07. The van der Waals surface area contributed by atoms with Gasteiger partial charge in [0.15, 0.2) is 0 Å². The molecule has 0 radical (unpaired) electrons. The summed E-state index contributed by atoms with van der Waals surface area (Å²) in [5, 5.41) is 12.1. The van der Waals surface area contributed by atoms with E-state index in [1.54, 1.807) is 4.68 Å². The predicted molar refractivity (Wildman–Crippen MR) is 140 cm³/mol. The molecular weight excluding hydrogens is 450 g/mol. The van der Waals surface area contributed by atoms with Crippen molar-refractivity contribution in [2.45, 2.75) is 20.0 Å². The van der Waals surface area contributed by atoms with Crippen molar-refractivity contribution in [1.82, 2.24) is 19.6 Å². The van der Waals surface area contributed by atoms with Crippen molar-refractivity contribution < 1.29 is 4.79 Å². The SMILES string of the molecule is Cc1ccccc1-c1cc(NC(=O)c2ccc(=O)n(Cc3ccccc3)n2)n(Cc2ccccc2)n1. The quantitative estimate of drug-likeness (QED) is 0.368. The van der Waals surface area contributed by atoms with E-state index >= 15 is 0 Å². The predicted octanol–water partition coefficient (Wildman–Crippen LogP) is 4.76. The number of amides is 1. The Morgan fingerprint density at radius 2 is 1.36 bits per heavy atom. The molecule has 1 amide bonds. The van der Waals surface area contributed by atoms with E-state index in [4.69, 9.17) is 5.10 Å². The molecule has 0 bridgehead atoms. The van der Waals surface area contributed by atoms with Crippen molar-refractivity contribution in [3.8, 4) is 11.3 Å². The maximum Gasteiger partial charge on any atom is 0.277 e. The third-order valence-corrected chi connectivity index (χ3v) is 5.89. The highest BCUT2D eigenvalue weighted by Crippen LogP contribution is 2.26. The second-order valence-electron chi connectivity index (χ2n) is 8.53. The van der Waals surface area contributed by atoms with Crippen LogP contribution >= 0.6 is 0 Å². The van der Waals surface area contributed by atoms with Crippen molar-refractivity contribution in [3.05, 3.63) is 136 Å². The lowest BCUT2D eigenvalue weighted by Crippen LogP contribution is -2.27. The van der Waals surface area contributed by atoms with E-state index in [0.717, 1.165) is 27.9 Å². The first-order chi connectivity index (χ1) is 17.6. The number of carbonyl (C=O) groups excluding carboxylic acids is 1. The van der Waals surface area contributed by atoms with Gasteiger partial charge < -0.3 is 5.32 Å². The van der Waals surface area contributed by atoms with E-state index in [1.807, 2.05) is 97.9 Å². The summed E-state index contributed by atoms with van der Waals surface area (Å²) >= 11 is 0. The minimum Gasteiger partial charge on any atom is -0.305 e. The normalized spacial score (nSPS) is 10.8. The first kappa shape index (κ1) is 23.0. The lowest BCUT2D eigenvalue weighted by atomic mass is 10.1. The highest BCUT2D eigenvalue weighted by molar-refractivity contribution is 6.02.